The Labute approximate surface area is 168 Å². The zero-order valence-electron chi connectivity index (χ0n) is 15.7. The number of anilines is 1. The summed E-state index contributed by atoms with van der Waals surface area (Å²) < 4.78 is 0. The first-order valence-electron chi connectivity index (χ1n) is 9.14. The molecule has 1 atom stereocenters. The minimum absolute atomic E-state index is 0.231. The van der Waals surface area contributed by atoms with Gasteiger partial charge in [0.1, 0.15) is 12.1 Å². The van der Waals surface area contributed by atoms with Gasteiger partial charge in [-0.05, 0) is 30.7 Å². The Balaban J connectivity index is 1.53. The number of nitrogens with zero attached hydrogens (tertiary/aromatic N) is 4. The summed E-state index contributed by atoms with van der Waals surface area (Å²) in [5, 5.41) is 5.11. The van der Waals surface area contributed by atoms with E-state index in [4.69, 9.17) is 11.6 Å². The third-order valence-electron chi connectivity index (χ3n) is 4.74. The molecule has 0 unspecified atom stereocenters. The van der Waals surface area contributed by atoms with Crippen molar-refractivity contribution in [3.8, 4) is 11.3 Å². The molecular formula is C22H20ClN5. The lowest BCUT2D eigenvalue weighted by Gasteiger charge is -2.16. The first-order valence-corrected chi connectivity index (χ1v) is 9.51. The average Bonchev–Trinajstić information content (AvgIpc) is 2.73. The van der Waals surface area contributed by atoms with Gasteiger partial charge in [0.05, 0.1) is 16.2 Å². The van der Waals surface area contributed by atoms with E-state index in [0.717, 1.165) is 50.8 Å². The summed E-state index contributed by atoms with van der Waals surface area (Å²) in [5.74, 6) is 1.01. The summed E-state index contributed by atoms with van der Waals surface area (Å²) in [6.07, 6.45) is 5.15. The number of aryl methyl sites for hydroxylation is 1. The molecule has 0 aliphatic rings. The molecule has 3 aromatic heterocycles. The maximum atomic E-state index is 6.31. The third kappa shape index (κ3) is 3.80. The van der Waals surface area contributed by atoms with E-state index in [1.165, 1.54) is 0 Å². The maximum absolute atomic E-state index is 6.31. The highest BCUT2D eigenvalue weighted by molar-refractivity contribution is 6.35. The van der Waals surface area contributed by atoms with Gasteiger partial charge in [-0.2, -0.15) is 0 Å². The molecule has 0 bridgehead atoms. The SMILES string of the molecule is Cc1ccc(-c2cc(NC[C@@H](C)c3cccc4c(Cl)ccnc34)ncn2)cn1. The molecule has 0 radical (unpaired) electrons. The second-order valence-corrected chi connectivity index (χ2v) is 7.20. The van der Waals surface area contributed by atoms with Gasteiger partial charge in [-0.1, -0.05) is 36.7 Å². The fraction of sp³-hybridized carbons (Fsp3) is 0.182. The van der Waals surface area contributed by atoms with Crippen LogP contribution in [0.3, 0.4) is 0 Å². The minimum Gasteiger partial charge on any atom is -0.369 e. The number of rotatable bonds is 5. The summed E-state index contributed by atoms with van der Waals surface area (Å²) in [6.45, 7) is 4.85. The molecular weight excluding hydrogens is 370 g/mol. The van der Waals surface area contributed by atoms with Crippen LogP contribution in [0.5, 0.6) is 0 Å². The van der Waals surface area contributed by atoms with Crippen molar-refractivity contribution in [2.75, 3.05) is 11.9 Å². The lowest BCUT2D eigenvalue weighted by molar-refractivity contribution is 0.806. The van der Waals surface area contributed by atoms with E-state index in [0.29, 0.717) is 0 Å². The molecule has 140 valence electrons. The lowest BCUT2D eigenvalue weighted by Crippen LogP contribution is -2.11. The van der Waals surface area contributed by atoms with E-state index in [1.54, 1.807) is 12.5 Å². The van der Waals surface area contributed by atoms with Crippen LogP contribution in [0.4, 0.5) is 5.82 Å². The van der Waals surface area contributed by atoms with Crippen LogP contribution in [0, 0.1) is 6.92 Å². The number of benzene rings is 1. The summed E-state index contributed by atoms with van der Waals surface area (Å²) >= 11 is 6.31. The van der Waals surface area contributed by atoms with Crippen molar-refractivity contribution >= 4 is 28.3 Å². The molecule has 0 aliphatic carbocycles. The molecule has 1 aromatic carbocycles. The Hall–Kier alpha value is -3.05. The van der Waals surface area contributed by atoms with E-state index >= 15 is 0 Å². The molecule has 0 saturated carbocycles. The third-order valence-corrected chi connectivity index (χ3v) is 5.07. The summed E-state index contributed by atoms with van der Waals surface area (Å²) in [7, 11) is 0. The molecule has 3 heterocycles. The Morgan fingerprint density at radius 1 is 1.04 bits per heavy atom. The van der Waals surface area contributed by atoms with Gasteiger partial charge in [0.15, 0.2) is 0 Å². The summed E-state index contributed by atoms with van der Waals surface area (Å²) in [4.78, 5) is 17.6. The second kappa shape index (κ2) is 7.90. The van der Waals surface area contributed by atoms with Gasteiger partial charge < -0.3 is 5.32 Å². The highest BCUT2D eigenvalue weighted by Crippen LogP contribution is 2.28. The van der Waals surface area contributed by atoms with Crippen LogP contribution in [0.15, 0.2) is 61.2 Å². The smallest absolute Gasteiger partial charge is 0.129 e. The highest BCUT2D eigenvalue weighted by atomic mass is 35.5. The normalized spacial score (nSPS) is 12.1. The van der Waals surface area contributed by atoms with Gasteiger partial charge >= 0.3 is 0 Å². The first kappa shape index (κ1) is 18.3. The van der Waals surface area contributed by atoms with Gasteiger partial charge in [0.2, 0.25) is 0 Å². The first-order chi connectivity index (χ1) is 13.6. The topological polar surface area (TPSA) is 63.6 Å². The molecule has 0 spiro atoms. The summed E-state index contributed by atoms with van der Waals surface area (Å²) in [5.41, 5.74) is 4.89. The van der Waals surface area contributed by atoms with Crippen molar-refractivity contribution < 1.29 is 0 Å². The van der Waals surface area contributed by atoms with Gasteiger partial charge in [0, 0.05) is 47.6 Å². The van der Waals surface area contributed by atoms with Crippen molar-refractivity contribution in [2.45, 2.75) is 19.8 Å². The van der Waals surface area contributed by atoms with Crippen molar-refractivity contribution in [1.29, 1.82) is 0 Å². The number of aromatic nitrogens is 4. The zero-order valence-corrected chi connectivity index (χ0v) is 16.5. The van der Waals surface area contributed by atoms with Crippen molar-refractivity contribution in [1.82, 2.24) is 19.9 Å². The molecule has 0 aliphatic heterocycles. The van der Waals surface area contributed by atoms with Crippen LogP contribution >= 0.6 is 11.6 Å². The Kier molecular flexibility index (Phi) is 5.17. The molecule has 6 heteroatoms. The van der Waals surface area contributed by atoms with Crippen LogP contribution < -0.4 is 5.32 Å². The fourth-order valence-electron chi connectivity index (χ4n) is 3.16. The predicted molar refractivity (Wildman–Crippen MR) is 114 cm³/mol. The largest absolute Gasteiger partial charge is 0.369 e. The fourth-order valence-corrected chi connectivity index (χ4v) is 3.37. The molecule has 4 rings (SSSR count). The molecule has 4 aromatic rings. The van der Waals surface area contributed by atoms with Gasteiger partial charge in [0.25, 0.3) is 0 Å². The van der Waals surface area contributed by atoms with Crippen LogP contribution in [-0.4, -0.2) is 26.5 Å². The number of fused-ring (bicyclic) bond motifs is 1. The van der Waals surface area contributed by atoms with Gasteiger partial charge in [-0.25, -0.2) is 9.97 Å². The number of hydrogen-bond donors (Lipinski definition) is 1. The second-order valence-electron chi connectivity index (χ2n) is 6.79. The van der Waals surface area contributed by atoms with E-state index in [1.807, 2.05) is 49.5 Å². The number of halogens is 1. The van der Waals surface area contributed by atoms with Crippen LogP contribution in [0.2, 0.25) is 5.02 Å². The standard InChI is InChI=1S/C22H20ClN5/c1-14(17-4-3-5-18-19(23)8-9-24-22(17)18)11-26-21-10-20(27-13-28-21)16-7-6-15(2)25-12-16/h3-10,12-14H,11H2,1-2H3,(H,26,27,28)/t14-/m1/s1. The number of para-hydroxylation sites is 1. The van der Waals surface area contributed by atoms with Crippen LogP contribution in [-0.2, 0) is 0 Å². The molecule has 5 nitrogen and oxygen atoms in total. The average molecular weight is 390 g/mol. The van der Waals surface area contributed by atoms with Crippen LogP contribution in [0.1, 0.15) is 24.1 Å². The Morgan fingerprint density at radius 3 is 2.75 bits per heavy atom. The van der Waals surface area contributed by atoms with Crippen molar-refractivity contribution in [3.63, 3.8) is 0 Å². The molecule has 1 N–H and O–H groups in total. The number of nitrogens with one attached hydrogen (secondary N) is 1. The predicted octanol–water partition coefficient (Wildman–Crippen LogP) is 5.26. The van der Waals surface area contributed by atoms with E-state index in [-0.39, 0.29) is 5.92 Å². The van der Waals surface area contributed by atoms with Gasteiger partial charge in [-0.15, -0.1) is 0 Å². The van der Waals surface area contributed by atoms with Crippen molar-refractivity contribution in [2.24, 2.45) is 0 Å². The lowest BCUT2D eigenvalue weighted by atomic mass is 9.98. The van der Waals surface area contributed by atoms with Crippen LogP contribution in [0.25, 0.3) is 22.2 Å². The highest BCUT2D eigenvalue weighted by Gasteiger charge is 2.12. The van der Waals surface area contributed by atoms with Gasteiger partial charge in [-0.3, -0.25) is 9.97 Å². The van der Waals surface area contributed by atoms with E-state index < -0.39 is 0 Å². The minimum atomic E-state index is 0.231. The van der Waals surface area contributed by atoms with Crippen molar-refractivity contribution in [3.05, 3.63) is 77.5 Å². The molecule has 0 saturated heterocycles. The summed E-state index contributed by atoms with van der Waals surface area (Å²) in [6, 6.07) is 13.9. The Bertz CT molecular complexity index is 1110. The molecule has 0 amide bonds. The Morgan fingerprint density at radius 2 is 1.93 bits per heavy atom. The van der Waals surface area contributed by atoms with E-state index in [9.17, 15) is 0 Å². The quantitative estimate of drug-likeness (QED) is 0.504. The number of pyridine rings is 2. The monoisotopic (exact) mass is 389 g/mol. The zero-order chi connectivity index (χ0) is 19.5. The molecule has 28 heavy (non-hydrogen) atoms. The maximum Gasteiger partial charge on any atom is 0.129 e. The number of hydrogen-bond acceptors (Lipinski definition) is 5. The molecule has 0 fully saturated rings. The van der Waals surface area contributed by atoms with E-state index in [2.05, 4.69) is 38.2 Å².